The van der Waals surface area contributed by atoms with E-state index in [9.17, 15) is 9.18 Å². The number of nitrogens with zero attached hydrogens (tertiary/aromatic N) is 2. The van der Waals surface area contributed by atoms with Gasteiger partial charge in [0.15, 0.2) is 5.82 Å². The van der Waals surface area contributed by atoms with Gasteiger partial charge in [0.05, 0.1) is 11.4 Å². The molecular weight excluding hydrogens is 331 g/mol. The van der Waals surface area contributed by atoms with Crippen LogP contribution in [0.25, 0.3) is 10.8 Å². The van der Waals surface area contributed by atoms with E-state index in [-0.39, 0.29) is 5.69 Å². The maximum atomic E-state index is 13.6. The molecule has 122 valence electrons. The molecule has 0 bridgehead atoms. The van der Waals surface area contributed by atoms with Crippen LogP contribution >= 0.6 is 11.3 Å². The number of amides is 2. The Balaban J connectivity index is 1.50. The molecule has 2 N–H and O–H groups in total. The number of halogens is 1. The van der Waals surface area contributed by atoms with Crippen LogP contribution < -0.4 is 10.6 Å². The van der Waals surface area contributed by atoms with Crippen LogP contribution in [0.5, 0.6) is 0 Å². The summed E-state index contributed by atoms with van der Waals surface area (Å²) >= 11 is 1.39. The van der Waals surface area contributed by atoms with Crippen molar-refractivity contribution < 1.29 is 13.7 Å². The molecule has 0 atom stereocenters. The second kappa shape index (κ2) is 6.04. The van der Waals surface area contributed by atoms with E-state index in [1.54, 1.807) is 18.2 Å². The minimum absolute atomic E-state index is 0.112. The molecule has 2 aromatic heterocycles. The van der Waals surface area contributed by atoms with Crippen molar-refractivity contribution in [3.63, 3.8) is 0 Å². The number of anilines is 2. The molecular formula is C16H13FN4O2S. The van der Waals surface area contributed by atoms with Crippen molar-refractivity contribution >= 4 is 28.7 Å². The van der Waals surface area contributed by atoms with E-state index in [4.69, 9.17) is 4.52 Å². The number of benzene rings is 1. The molecule has 8 heteroatoms. The Kier molecular flexibility index (Phi) is 3.73. The Bertz CT molecular complexity index is 888. The van der Waals surface area contributed by atoms with E-state index in [1.807, 2.05) is 5.38 Å². The van der Waals surface area contributed by atoms with Gasteiger partial charge in [0.2, 0.25) is 0 Å². The topological polar surface area (TPSA) is 80.0 Å². The lowest BCUT2D eigenvalue weighted by Crippen LogP contribution is -2.20. The SMILES string of the molecule is O=C(Nc1ccccc1F)Nc1ccsc1-c1nc(C2CC2)no1. The van der Waals surface area contributed by atoms with Gasteiger partial charge in [-0.1, -0.05) is 17.3 Å². The molecule has 1 aliphatic carbocycles. The molecule has 1 aliphatic rings. The lowest BCUT2D eigenvalue weighted by molar-refractivity contribution is 0.262. The Hall–Kier alpha value is -2.74. The van der Waals surface area contributed by atoms with E-state index in [0.717, 1.165) is 12.8 Å². The number of para-hydroxylation sites is 1. The van der Waals surface area contributed by atoms with Crippen LogP contribution in [-0.4, -0.2) is 16.2 Å². The van der Waals surface area contributed by atoms with Gasteiger partial charge in [-0.15, -0.1) is 11.3 Å². The van der Waals surface area contributed by atoms with Gasteiger partial charge >= 0.3 is 6.03 Å². The van der Waals surface area contributed by atoms with Crippen molar-refractivity contribution in [3.8, 4) is 10.8 Å². The molecule has 24 heavy (non-hydrogen) atoms. The van der Waals surface area contributed by atoms with Crippen molar-refractivity contribution in [2.75, 3.05) is 10.6 Å². The third-order valence-electron chi connectivity index (χ3n) is 3.61. The van der Waals surface area contributed by atoms with E-state index in [0.29, 0.717) is 28.2 Å². The predicted molar refractivity (Wildman–Crippen MR) is 88.6 cm³/mol. The molecule has 1 fully saturated rings. The average molecular weight is 344 g/mol. The molecule has 0 radical (unpaired) electrons. The van der Waals surface area contributed by atoms with Crippen LogP contribution in [0.3, 0.4) is 0 Å². The van der Waals surface area contributed by atoms with Gasteiger partial charge in [-0.3, -0.25) is 0 Å². The van der Waals surface area contributed by atoms with Crippen LogP contribution in [0.15, 0.2) is 40.2 Å². The fraction of sp³-hybridized carbons (Fsp3) is 0.188. The summed E-state index contributed by atoms with van der Waals surface area (Å²) < 4.78 is 18.9. The van der Waals surface area contributed by atoms with Crippen molar-refractivity contribution in [1.29, 1.82) is 0 Å². The summed E-state index contributed by atoms with van der Waals surface area (Å²) in [5.41, 5.74) is 0.653. The van der Waals surface area contributed by atoms with Crippen molar-refractivity contribution in [2.45, 2.75) is 18.8 Å². The highest BCUT2D eigenvalue weighted by atomic mass is 32.1. The number of hydrogen-bond acceptors (Lipinski definition) is 5. The molecule has 0 saturated heterocycles. The fourth-order valence-corrected chi connectivity index (χ4v) is 3.02. The summed E-state index contributed by atoms with van der Waals surface area (Å²) in [5.74, 6) is 0.987. The first-order valence-corrected chi connectivity index (χ1v) is 8.32. The number of thiophene rings is 1. The quantitative estimate of drug-likeness (QED) is 0.732. The van der Waals surface area contributed by atoms with Crippen LogP contribution in [0.2, 0.25) is 0 Å². The molecule has 0 aliphatic heterocycles. The molecule has 3 aromatic rings. The van der Waals surface area contributed by atoms with Gasteiger partial charge in [-0.25, -0.2) is 9.18 Å². The molecule has 1 saturated carbocycles. The van der Waals surface area contributed by atoms with Gasteiger partial charge in [-0.2, -0.15) is 4.98 Å². The summed E-state index contributed by atoms with van der Waals surface area (Å²) in [7, 11) is 0. The van der Waals surface area contributed by atoms with Gasteiger partial charge < -0.3 is 15.2 Å². The zero-order chi connectivity index (χ0) is 16.5. The lowest BCUT2D eigenvalue weighted by Gasteiger charge is -2.07. The normalized spacial score (nSPS) is 13.7. The van der Waals surface area contributed by atoms with Crippen LogP contribution in [0, 0.1) is 5.82 Å². The zero-order valence-corrected chi connectivity index (χ0v) is 13.3. The Morgan fingerprint density at radius 1 is 1.21 bits per heavy atom. The van der Waals surface area contributed by atoms with E-state index in [2.05, 4.69) is 20.8 Å². The number of nitrogens with one attached hydrogen (secondary N) is 2. The molecule has 0 spiro atoms. The smallest absolute Gasteiger partial charge is 0.323 e. The van der Waals surface area contributed by atoms with Gasteiger partial charge in [0.1, 0.15) is 10.7 Å². The molecule has 0 unspecified atom stereocenters. The Morgan fingerprint density at radius 2 is 2.00 bits per heavy atom. The number of rotatable bonds is 4. The standard InChI is InChI=1S/C16H13FN4O2S/c17-10-3-1-2-4-11(10)18-16(22)19-12-7-8-24-13(12)15-20-14(21-23-15)9-5-6-9/h1-4,7-9H,5-6H2,(H2,18,19,22). The third kappa shape index (κ3) is 3.00. The summed E-state index contributed by atoms with van der Waals surface area (Å²) in [6.07, 6.45) is 2.17. The third-order valence-corrected chi connectivity index (χ3v) is 4.52. The number of carbonyl (C=O) groups excluding carboxylic acids is 1. The molecule has 6 nitrogen and oxygen atoms in total. The minimum Gasteiger partial charge on any atom is -0.333 e. The summed E-state index contributed by atoms with van der Waals surface area (Å²) in [6, 6.07) is 7.17. The first-order valence-electron chi connectivity index (χ1n) is 7.44. The molecule has 1 aromatic carbocycles. The number of urea groups is 1. The predicted octanol–water partition coefficient (Wildman–Crippen LogP) is 4.46. The van der Waals surface area contributed by atoms with Crippen LogP contribution in [-0.2, 0) is 0 Å². The van der Waals surface area contributed by atoms with Gasteiger partial charge in [-0.05, 0) is 36.4 Å². The molecule has 2 heterocycles. The Morgan fingerprint density at radius 3 is 2.79 bits per heavy atom. The van der Waals surface area contributed by atoms with Crippen molar-refractivity contribution in [1.82, 2.24) is 10.1 Å². The average Bonchev–Trinajstić information content (AvgIpc) is 3.12. The molecule has 4 rings (SSSR count). The first-order chi connectivity index (χ1) is 11.7. The summed E-state index contributed by atoms with van der Waals surface area (Å²) in [6.45, 7) is 0. The van der Waals surface area contributed by atoms with Gasteiger partial charge in [0, 0.05) is 5.92 Å². The van der Waals surface area contributed by atoms with Crippen LogP contribution in [0.4, 0.5) is 20.6 Å². The van der Waals surface area contributed by atoms with E-state index >= 15 is 0 Å². The number of carbonyl (C=O) groups is 1. The van der Waals surface area contributed by atoms with E-state index in [1.165, 1.54) is 23.5 Å². The Labute approximate surface area is 140 Å². The largest absolute Gasteiger partial charge is 0.333 e. The second-order valence-corrected chi connectivity index (χ2v) is 6.37. The summed E-state index contributed by atoms with van der Waals surface area (Å²) in [4.78, 5) is 17.1. The summed E-state index contributed by atoms with van der Waals surface area (Å²) in [5, 5.41) is 10.9. The van der Waals surface area contributed by atoms with Gasteiger partial charge in [0.25, 0.3) is 5.89 Å². The van der Waals surface area contributed by atoms with E-state index < -0.39 is 11.8 Å². The van der Waals surface area contributed by atoms with Crippen molar-refractivity contribution in [2.24, 2.45) is 0 Å². The van der Waals surface area contributed by atoms with Crippen molar-refractivity contribution in [3.05, 3.63) is 47.4 Å². The minimum atomic E-state index is -0.540. The zero-order valence-electron chi connectivity index (χ0n) is 12.5. The number of aromatic nitrogens is 2. The first kappa shape index (κ1) is 14.8. The monoisotopic (exact) mass is 344 g/mol. The fourth-order valence-electron chi connectivity index (χ4n) is 2.25. The maximum absolute atomic E-state index is 13.6. The molecule has 2 amide bonds. The highest BCUT2D eigenvalue weighted by Crippen LogP contribution is 2.40. The highest BCUT2D eigenvalue weighted by Gasteiger charge is 2.29. The lowest BCUT2D eigenvalue weighted by atomic mass is 10.3. The maximum Gasteiger partial charge on any atom is 0.323 e. The number of hydrogen-bond donors (Lipinski definition) is 2. The highest BCUT2D eigenvalue weighted by molar-refractivity contribution is 7.14. The van der Waals surface area contributed by atoms with Crippen LogP contribution in [0.1, 0.15) is 24.6 Å². The second-order valence-electron chi connectivity index (χ2n) is 5.45.